The predicted octanol–water partition coefficient (Wildman–Crippen LogP) is 4.00. The minimum Gasteiger partial charge on any atom is -0.492 e. The largest absolute Gasteiger partial charge is 0.492 e. The zero-order valence-corrected chi connectivity index (χ0v) is 11.2. The molecule has 18 heavy (non-hydrogen) atoms. The number of rotatable bonds is 4. The molecule has 0 bridgehead atoms. The highest BCUT2D eigenvalue weighted by molar-refractivity contribution is 6.37. The number of ether oxygens (including phenoxy) is 1. The monoisotopic (exact) mass is 281 g/mol. The van der Waals surface area contributed by atoms with Gasteiger partial charge in [0.05, 0.1) is 5.02 Å². The van der Waals surface area contributed by atoms with Crippen LogP contribution in [0.25, 0.3) is 11.1 Å². The normalized spacial score (nSPS) is 10.4. The van der Waals surface area contributed by atoms with Crippen molar-refractivity contribution in [1.82, 2.24) is 0 Å². The Kier molecular flexibility index (Phi) is 4.48. The first-order valence-electron chi connectivity index (χ1n) is 5.59. The number of hydrogen-bond donors (Lipinski definition) is 1. The van der Waals surface area contributed by atoms with Crippen molar-refractivity contribution in [2.24, 2.45) is 5.73 Å². The Balaban J connectivity index is 2.50. The Bertz CT molecular complexity index is 529. The van der Waals surface area contributed by atoms with Gasteiger partial charge in [0, 0.05) is 17.1 Å². The molecule has 2 aromatic rings. The van der Waals surface area contributed by atoms with E-state index in [0.717, 1.165) is 11.1 Å². The molecule has 94 valence electrons. The Morgan fingerprint density at radius 1 is 1.06 bits per heavy atom. The van der Waals surface area contributed by atoms with E-state index in [1.54, 1.807) is 12.1 Å². The zero-order valence-electron chi connectivity index (χ0n) is 9.70. The number of halogens is 2. The third-order valence-corrected chi connectivity index (χ3v) is 2.97. The first kappa shape index (κ1) is 13.2. The standard InChI is InChI=1S/C14H13Cl2NO/c15-11-8-12(16)14(10-4-2-1-3-5-10)13(9-11)18-7-6-17/h1-5,8-9H,6-7,17H2. The summed E-state index contributed by atoms with van der Waals surface area (Å²) in [6.07, 6.45) is 0. The zero-order chi connectivity index (χ0) is 13.0. The second-order valence-corrected chi connectivity index (χ2v) is 4.61. The molecule has 0 aliphatic rings. The maximum atomic E-state index is 6.25. The van der Waals surface area contributed by atoms with Gasteiger partial charge >= 0.3 is 0 Å². The lowest BCUT2D eigenvalue weighted by Gasteiger charge is -2.13. The summed E-state index contributed by atoms with van der Waals surface area (Å²) < 4.78 is 5.61. The quantitative estimate of drug-likeness (QED) is 0.920. The average molecular weight is 282 g/mol. The van der Waals surface area contributed by atoms with Gasteiger partial charge in [0.25, 0.3) is 0 Å². The highest BCUT2D eigenvalue weighted by Gasteiger charge is 2.12. The second-order valence-electron chi connectivity index (χ2n) is 3.76. The van der Waals surface area contributed by atoms with E-state index in [0.29, 0.717) is 28.9 Å². The van der Waals surface area contributed by atoms with Crippen LogP contribution in [-0.4, -0.2) is 13.2 Å². The van der Waals surface area contributed by atoms with Crippen LogP contribution in [0, 0.1) is 0 Å². The molecule has 2 rings (SSSR count). The van der Waals surface area contributed by atoms with Crippen LogP contribution in [-0.2, 0) is 0 Å². The van der Waals surface area contributed by atoms with E-state index in [-0.39, 0.29) is 0 Å². The summed E-state index contributed by atoms with van der Waals surface area (Å²) >= 11 is 12.2. The fraction of sp³-hybridized carbons (Fsp3) is 0.143. The van der Waals surface area contributed by atoms with Crippen molar-refractivity contribution in [2.75, 3.05) is 13.2 Å². The Morgan fingerprint density at radius 2 is 1.78 bits per heavy atom. The smallest absolute Gasteiger partial charge is 0.130 e. The van der Waals surface area contributed by atoms with Gasteiger partial charge in [-0.05, 0) is 17.7 Å². The maximum Gasteiger partial charge on any atom is 0.130 e. The van der Waals surface area contributed by atoms with Crippen molar-refractivity contribution in [3.8, 4) is 16.9 Å². The Labute approximate surface area is 116 Å². The van der Waals surface area contributed by atoms with Crippen molar-refractivity contribution in [3.05, 3.63) is 52.5 Å². The number of nitrogens with two attached hydrogens (primary N) is 1. The lowest BCUT2D eigenvalue weighted by atomic mass is 10.0. The van der Waals surface area contributed by atoms with Crippen LogP contribution in [0.3, 0.4) is 0 Å². The summed E-state index contributed by atoms with van der Waals surface area (Å²) in [7, 11) is 0. The molecule has 0 radical (unpaired) electrons. The minimum absolute atomic E-state index is 0.427. The van der Waals surface area contributed by atoms with Crippen LogP contribution in [0.1, 0.15) is 0 Å². The SMILES string of the molecule is NCCOc1cc(Cl)cc(Cl)c1-c1ccccc1. The first-order valence-corrected chi connectivity index (χ1v) is 6.35. The third-order valence-electron chi connectivity index (χ3n) is 2.46. The average Bonchev–Trinajstić information content (AvgIpc) is 2.36. The fourth-order valence-electron chi connectivity index (χ4n) is 1.72. The topological polar surface area (TPSA) is 35.2 Å². The Morgan fingerprint density at radius 3 is 2.44 bits per heavy atom. The van der Waals surface area contributed by atoms with Crippen LogP contribution in [0.2, 0.25) is 10.0 Å². The van der Waals surface area contributed by atoms with Gasteiger partial charge in [0.1, 0.15) is 12.4 Å². The van der Waals surface area contributed by atoms with Crippen molar-refractivity contribution in [1.29, 1.82) is 0 Å². The molecule has 0 aliphatic heterocycles. The van der Waals surface area contributed by atoms with Gasteiger partial charge in [-0.3, -0.25) is 0 Å². The lowest BCUT2D eigenvalue weighted by Crippen LogP contribution is -2.11. The van der Waals surface area contributed by atoms with Gasteiger partial charge in [-0.15, -0.1) is 0 Å². The van der Waals surface area contributed by atoms with Crippen LogP contribution >= 0.6 is 23.2 Å². The van der Waals surface area contributed by atoms with Crippen molar-refractivity contribution < 1.29 is 4.74 Å². The van der Waals surface area contributed by atoms with E-state index in [2.05, 4.69) is 0 Å². The van der Waals surface area contributed by atoms with Gasteiger partial charge in [-0.1, -0.05) is 53.5 Å². The molecular formula is C14H13Cl2NO. The van der Waals surface area contributed by atoms with Gasteiger partial charge < -0.3 is 10.5 Å². The van der Waals surface area contributed by atoms with E-state index in [9.17, 15) is 0 Å². The van der Waals surface area contributed by atoms with E-state index >= 15 is 0 Å². The van der Waals surface area contributed by atoms with E-state index in [1.807, 2.05) is 30.3 Å². The molecule has 0 saturated heterocycles. The molecule has 2 N–H and O–H groups in total. The predicted molar refractivity (Wildman–Crippen MR) is 76.4 cm³/mol. The summed E-state index contributed by atoms with van der Waals surface area (Å²) in [4.78, 5) is 0. The molecule has 2 nitrogen and oxygen atoms in total. The molecule has 0 spiro atoms. The molecule has 0 aromatic heterocycles. The molecule has 0 atom stereocenters. The molecular weight excluding hydrogens is 269 g/mol. The molecule has 0 heterocycles. The fourth-order valence-corrected chi connectivity index (χ4v) is 2.30. The highest BCUT2D eigenvalue weighted by atomic mass is 35.5. The van der Waals surface area contributed by atoms with Crippen LogP contribution < -0.4 is 10.5 Å². The summed E-state index contributed by atoms with van der Waals surface area (Å²) in [5.74, 6) is 0.657. The summed E-state index contributed by atoms with van der Waals surface area (Å²) in [6.45, 7) is 0.870. The maximum absolute atomic E-state index is 6.25. The van der Waals surface area contributed by atoms with Gasteiger partial charge in [0.2, 0.25) is 0 Å². The van der Waals surface area contributed by atoms with Crippen LogP contribution in [0.5, 0.6) is 5.75 Å². The molecule has 0 aliphatic carbocycles. The summed E-state index contributed by atoms with van der Waals surface area (Å²) in [5, 5.41) is 1.12. The van der Waals surface area contributed by atoms with E-state index in [4.69, 9.17) is 33.7 Å². The molecule has 0 unspecified atom stereocenters. The molecule has 4 heteroatoms. The summed E-state index contributed by atoms with van der Waals surface area (Å²) in [6, 6.07) is 13.3. The highest BCUT2D eigenvalue weighted by Crippen LogP contribution is 2.38. The van der Waals surface area contributed by atoms with Gasteiger partial charge in [0.15, 0.2) is 0 Å². The van der Waals surface area contributed by atoms with E-state index in [1.165, 1.54) is 0 Å². The third kappa shape index (κ3) is 2.96. The second kappa shape index (κ2) is 6.10. The molecule has 0 amide bonds. The lowest BCUT2D eigenvalue weighted by molar-refractivity contribution is 0.329. The van der Waals surface area contributed by atoms with Gasteiger partial charge in [-0.2, -0.15) is 0 Å². The molecule has 0 fully saturated rings. The Hall–Kier alpha value is -1.22. The van der Waals surface area contributed by atoms with Crippen LogP contribution in [0.4, 0.5) is 0 Å². The number of benzene rings is 2. The van der Waals surface area contributed by atoms with Crippen molar-refractivity contribution in [2.45, 2.75) is 0 Å². The first-order chi connectivity index (χ1) is 8.72. The summed E-state index contributed by atoms with van der Waals surface area (Å²) in [5.41, 5.74) is 7.28. The van der Waals surface area contributed by atoms with Crippen molar-refractivity contribution in [3.63, 3.8) is 0 Å². The van der Waals surface area contributed by atoms with Crippen LogP contribution in [0.15, 0.2) is 42.5 Å². The van der Waals surface area contributed by atoms with Crippen molar-refractivity contribution >= 4 is 23.2 Å². The number of hydrogen-bond acceptors (Lipinski definition) is 2. The minimum atomic E-state index is 0.427. The van der Waals surface area contributed by atoms with E-state index < -0.39 is 0 Å². The molecule has 0 saturated carbocycles. The van der Waals surface area contributed by atoms with Gasteiger partial charge in [-0.25, -0.2) is 0 Å². The molecule has 2 aromatic carbocycles.